The third-order valence-electron chi connectivity index (χ3n) is 3.76. The minimum absolute atomic E-state index is 0.268. The van der Waals surface area contributed by atoms with Crippen molar-refractivity contribution >= 4 is 5.91 Å². The molecule has 0 aromatic rings. The van der Waals surface area contributed by atoms with Gasteiger partial charge in [0, 0.05) is 25.0 Å². The third kappa shape index (κ3) is 2.33. The first kappa shape index (κ1) is 10.9. The number of carbonyl (C=O) groups excluding carboxylic acids is 1. The van der Waals surface area contributed by atoms with Crippen LogP contribution in [0.3, 0.4) is 0 Å². The number of amides is 1. The minimum Gasteiger partial charge on any atom is -0.335 e. The van der Waals surface area contributed by atoms with E-state index in [1.165, 1.54) is 38.5 Å². The second-order valence-corrected chi connectivity index (χ2v) is 4.90. The molecule has 1 amide bonds. The molecule has 2 saturated carbocycles. The molecule has 0 radical (unpaired) electrons. The molecule has 3 nitrogen and oxygen atoms in total. The highest BCUT2D eigenvalue weighted by molar-refractivity contribution is 5.74. The highest BCUT2D eigenvalue weighted by atomic mass is 16.2. The van der Waals surface area contributed by atoms with Gasteiger partial charge in [-0.25, -0.2) is 0 Å². The van der Waals surface area contributed by atoms with E-state index in [4.69, 9.17) is 0 Å². The summed E-state index contributed by atoms with van der Waals surface area (Å²) >= 11 is 0. The maximum absolute atomic E-state index is 11.7. The number of nitrogens with one attached hydrogen (secondary N) is 1. The zero-order chi connectivity index (χ0) is 10.8. The van der Waals surface area contributed by atoms with Crippen LogP contribution in [0.15, 0.2) is 0 Å². The molecule has 0 unspecified atom stereocenters. The average Bonchev–Trinajstić information content (AvgIpc) is 3.03. The third-order valence-corrected chi connectivity index (χ3v) is 3.76. The van der Waals surface area contributed by atoms with Crippen molar-refractivity contribution in [2.45, 2.75) is 63.6 Å². The van der Waals surface area contributed by atoms with Gasteiger partial charge in [0.2, 0.25) is 5.91 Å². The molecule has 2 aliphatic rings. The molecule has 0 saturated heterocycles. The van der Waals surface area contributed by atoms with Gasteiger partial charge < -0.3 is 10.2 Å². The van der Waals surface area contributed by atoms with Crippen molar-refractivity contribution in [3.05, 3.63) is 0 Å². The van der Waals surface area contributed by atoms with Crippen molar-refractivity contribution in [3.8, 4) is 0 Å². The van der Waals surface area contributed by atoms with Crippen LogP contribution in [0.5, 0.6) is 0 Å². The molecular weight excluding hydrogens is 188 g/mol. The fraction of sp³-hybridized carbons (Fsp3) is 0.917. The van der Waals surface area contributed by atoms with Gasteiger partial charge in [-0.2, -0.15) is 0 Å². The number of hydrogen-bond donors (Lipinski definition) is 1. The van der Waals surface area contributed by atoms with Crippen LogP contribution < -0.4 is 5.32 Å². The first-order valence-electron chi connectivity index (χ1n) is 6.20. The van der Waals surface area contributed by atoms with Crippen molar-refractivity contribution in [2.75, 3.05) is 7.05 Å². The predicted molar refractivity (Wildman–Crippen MR) is 60.6 cm³/mol. The minimum atomic E-state index is 0.268. The Kier molecular flexibility index (Phi) is 3.29. The van der Waals surface area contributed by atoms with Crippen LogP contribution in [-0.2, 0) is 4.79 Å². The lowest BCUT2D eigenvalue weighted by atomic mass is 9.89. The smallest absolute Gasteiger partial charge is 0.219 e. The number of hydrogen-bond acceptors (Lipinski definition) is 2. The molecule has 15 heavy (non-hydrogen) atoms. The second-order valence-electron chi connectivity index (χ2n) is 4.90. The van der Waals surface area contributed by atoms with E-state index >= 15 is 0 Å². The summed E-state index contributed by atoms with van der Waals surface area (Å²) < 4.78 is 0. The summed E-state index contributed by atoms with van der Waals surface area (Å²) in [5, 5.41) is 3.38. The highest BCUT2D eigenvalue weighted by Gasteiger charge is 2.39. The summed E-state index contributed by atoms with van der Waals surface area (Å²) in [6.45, 7) is 1.72. The van der Waals surface area contributed by atoms with Gasteiger partial charge in [-0.3, -0.25) is 4.79 Å². The van der Waals surface area contributed by atoms with E-state index in [1.807, 2.05) is 7.05 Å². The Balaban J connectivity index is 2.06. The molecule has 86 valence electrons. The van der Waals surface area contributed by atoms with Gasteiger partial charge in [-0.05, 0) is 32.7 Å². The summed E-state index contributed by atoms with van der Waals surface area (Å²) in [7, 11) is 2.02. The van der Waals surface area contributed by atoms with Crippen LogP contribution in [0.25, 0.3) is 0 Å². The standard InChI is InChI=1S/C12H22N2O/c1-9(15)14(10-7-8-10)12-6-4-3-5-11(12)13-2/h10-13H,3-8H2,1-2H3/t11-,12-/m0/s1. The van der Waals surface area contributed by atoms with E-state index < -0.39 is 0 Å². The van der Waals surface area contributed by atoms with E-state index in [0.717, 1.165) is 0 Å². The summed E-state index contributed by atoms with van der Waals surface area (Å²) in [6.07, 6.45) is 7.41. The molecule has 1 N–H and O–H groups in total. The molecular formula is C12H22N2O. The van der Waals surface area contributed by atoms with Gasteiger partial charge in [0.1, 0.15) is 0 Å². The SMILES string of the molecule is CN[C@H]1CCCC[C@@H]1N(C(C)=O)C1CC1. The van der Waals surface area contributed by atoms with E-state index in [0.29, 0.717) is 18.1 Å². The van der Waals surface area contributed by atoms with Crippen LogP contribution in [0.1, 0.15) is 45.4 Å². The normalized spacial score (nSPS) is 31.3. The first-order chi connectivity index (χ1) is 7.24. The molecule has 0 bridgehead atoms. The molecule has 3 heteroatoms. The van der Waals surface area contributed by atoms with Crippen LogP contribution in [-0.4, -0.2) is 36.0 Å². The molecule has 0 spiro atoms. The number of likely N-dealkylation sites (N-methyl/N-ethyl adjacent to an activating group) is 1. The van der Waals surface area contributed by atoms with Crippen LogP contribution in [0.4, 0.5) is 0 Å². The Labute approximate surface area is 92.2 Å². The van der Waals surface area contributed by atoms with E-state index in [2.05, 4.69) is 10.2 Å². The van der Waals surface area contributed by atoms with Crippen molar-refractivity contribution < 1.29 is 4.79 Å². The van der Waals surface area contributed by atoms with Gasteiger partial charge in [0.15, 0.2) is 0 Å². The quantitative estimate of drug-likeness (QED) is 0.766. The van der Waals surface area contributed by atoms with Crippen molar-refractivity contribution in [3.63, 3.8) is 0 Å². The highest BCUT2D eigenvalue weighted by Crippen LogP contribution is 2.33. The van der Waals surface area contributed by atoms with Crippen molar-refractivity contribution in [1.82, 2.24) is 10.2 Å². The molecule has 2 fully saturated rings. The number of nitrogens with zero attached hydrogens (tertiary/aromatic N) is 1. The lowest BCUT2D eigenvalue weighted by Gasteiger charge is -2.39. The summed E-state index contributed by atoms with van der Waals surface area (Å²) in [6, 6.07) is 1.53. The van der Waals surface area contributed by atoms with E-state index in [9.17, 15) is 4.79 Å². The zero-order valence-corrected chi connectivity index (χ0v) is 9.83. The number of rotatable bonds is 3. The Bertz CT molecular complexity index is 238. The van der Waals surface area contributed by atoms with Crippen LogP contribution in [0.2, 0.25) is 0 Å². The van der Waals surface area contributed by atoms with E-state index in [1.54, 1.807) is 6.92 Å². The fourth-order valence-corrected chi connectivity index (χ4v) is 2.90. The molecule has 0 aliphatic heterocycles. The lowest BCUT2D eigenvalue weighted by molar-refractivity contribution is -0.133. The maximum atomic E-state index is 11.7. The summed E-state index contributed by atoms with van der Waals surface area (Å²) in [5.41, 5.74) is 0. The van der Waals surface area contributed by atoms with E-state index in [-0.39, 0.29) is 5.91 Å². The van der Waals surface area contributed by atoms with Crippen molar-refractivity contribution in [1.29, 1.82) is 0 Å². The monoisotopic (exact) mass is 210 g/mol. The first-order valence-corrected chi connectivity index (χ1v) is 6.20. The Morgan fingerprint density at radius 1 is 1.20 bits per heavy atom. The average molecular weight is 210 g/mol. The van der Waals surface area contributed by atoms with Gasteiger partial charge in [0.25, 0.3) is 0 Å². The molecule has 0 heterocycles. The molecule has 0 aromatic carbocycles. The van der Waals surface area contributed by atoms with Crippen LogP contribution >= 0.6 is 0 Å². The summed E-state index contributed by atoms with van der Waals surface area (Å²) in [5.74, 6) is 0.268. The molecule has 0 aromatic heterocycles. The molecule has 2 rings (SSSR count). The van der Waals surface area contributed by atoms with Gasteiger partial charge in [0.05, 0.1) is 0 Å². The lowest BCUT2D eigenvalue weighted by Crippen LogP contribution is -2.53. The second kappa shape index (κ2) is 4.52. The van der Waals surface area contributed by atoms with Crippen LogP contribution in [0, 0.1) is 0 Å². The molecule has 2 aliphatic carbocycles. The van der Waals surface area contributed by atoms with Gasteiger partial charge in [-0.1, -0.05) is 12.8 Å². The van der Waals surface area contributed by atoms with Gasteiger partial charge >= 0.3 is 0 Å². The van der Waals surface area contributed by atoms with Gasteiger partial charge in [-0.15, -0.1) is 0 Å². The largest absolute Gasteiger partial charge is 0.335 e. The maximum Gasteiger partial charge on any atom is 0.219 e. The Morgan fingerprint density at radius 2 is 1.87 bits per heavy atom. The summed E-state index contributed by atoms with van der Waals surface area (Å²) in [4.78, 5) is 13.8. The number of carbonyl (C=O) groups is 1. The fourth-order valence-electron chi connectivity index (χ4n) is 2.90. The van der Waals surface area contributed by atoms with Crippen molar-refractivity contribution in [2.24, 2.45) is 0 Å². The Hall–Kier alpha value is -0.570. The molecule has 2 atom stereocenters. The topological polar surface area (TPSA) is 32.3 Å². The predicted octanol–water partition coefficient (Wildman–Crippen LogP) is 1.53. The zero-order valence-electron chi connectivity index (χ0n) is 9.83. The Morgan fingerprint density at radius 3 is 2.40 bits per heavy atom.